The minimum Gasteiger partial charge on any atom is -0.497 e. The minimum absolute atomic E-state index is 0.0756. The molecule has 1 aliphatic heterocycles. The number of aryl methyl sites for hydroxylation is 1. The molecule has 0 bridgehead atoms. The molecular weight excluding hydrogens is 338 g/mol. The number of rotatable bonds is 4. The van der Waals surface area contributed by atoms with Gasteiger partial charge in [-0.2, -0.15) is 0 Å². The van der Waals surface area contributed by atoms with Gasteiger partial charge in [-0.15, -0.1) is 0 Å². The van der Waals surface area contributed by atoms with E-state index >= 15 is 0 Å². The quantitative estimate of drug-likeness (QED) is 0.871. The van der Waals surface area contributed by atoms with Gasteiger partial charge in [-0.1, -0.05) is 17.4 Å². The van der Waals surface area contributed by atoms with Crippen LogP contribution in [0.1, 0.15) is 21.8 Å². The summed E-state index contributed by atoms with van der Waals surface area (Å²) in [6, 6.07) is 6.15. The van der Waals surface area contributed by atoms with Crippen molar-refractivity contribution in [3.8, 4) is 5.75 Å². The number of aromatic nitrogens is 1. The van der Waals surface area contributed by atoms with Gasteiger partial charge in [-0.3, -0.25) is 9.52 Å². The highest BCUT2D eigenvalue weighted by Crippen LogP contribution is 2.28. The van der Waals surface area contributed by atoms with E-state index in [4.69, 9.17) is 4.74 Å². The minimum atomic E-state index is -3.79. The summed E-state index contributed by atoms with van der Waals surface area (Å²) in [6.45, 7) is 0.604. The first kappa shape index (κ1) is 15.8. The van der Waals surface area contributed by atoms with Crippen molar-refractivity contribution in [2.24, 2.45) is 0 Å². The molecule has 0 saturated carbocycles. The van der Waals surface area contributed by atoms with Crippen LogP contribution in [0.3, 0.4) is 0 Å². The van der Waals surface area contributed by atoms with E-state index < -0.39 is 10.0 Å². The molecular formula is C14H15N3O4S2. The first-order chi connectivity index (χ1) is 11.0. The van der Waals surface area contributed by atoms with Crippen LogP contribution in [0.2, 0.25) is 0 Å². The molecule has 0 unspecified atom stereocenters. The zero-order valence-corrected chi connectivity index (χ0v) is 14.0. The van der Waals surface area contributed by atoms with E-state index in [1.165, 1.54) is 19.2 Å². The van der Waals surface area contributed by atoms with Crippen LogP contribution in [0.25, 0.3) is 0 Å². The topological polar surface area (TPSA) is 97.4 Å². The predicted octanol–water partition coefficient (Wildman–Crippen LogP) is 1.63. The fraction of sp³-hybridized carbons (Fsp3) is 0.286. The third-order valence-corrected chi connectivity index (χ3v) is 5.83. The predicted molar refractivity (Wildman–Crippen MR) is 86.6 cm³/mol. The van der Waals surface area contributed by atoms with E-state index in [0.29, 0.717) is 29.3 Å². The Bertz CT molecular complexity index is 845. The lowest BCUT2D eigenvalue weighted by molar-refractivity contribution is 0.0960. The van der Waals surface area contributed by atoms with Gasteiger partial charge < -0.3 is 10.1 Å². The summed E-state index contributed by atoms with van der Waals surface area (Å²) in [6.07, 6.45) is 1.43. The molecule has 0 fully saturated rings. The van der Waals surface area contributed by atoms with E-state index in [1.54, 1.807) is 12.1 Å². The number of benzene rings is 1. The molecule has 0 radical (unpaired) electrons. The summed E-state index contributed by atoms with van der Waals surface area (Å²) in [5.41, 5.74) is 0.633. The molecule has 9 heteroatoms. The lowest BCUT2D eigenvalue weighted by atomic mass is 10.2. The normalized spacial score (nSPS) is 14.6. The van der Waals surface area contributed by atoms with Gasteiger partial charge in [-0.25, -0.2) is 13.4 Å². The molecule has 2 N–H and O–H groups in total. The van der Waals surface area contributed by atoms with E-state index in [2.05, 4.69) is 15.0 Å². The van der Waals surface area contributed by atoms with Crippen LogP contribution in [0.4, 0.5) is 5.13 Å². The van der Waals surface area contributed by atoms with E-state index in [9.17, 15) is 13.2 Å². The van der Waals surface area contributed by atoms with Crippen molar-refractivity contribution in [3.63, 3.8) is 0 Å². The number of ether oxygens (including phenoxy) is 1. The second-order valence-corrected chi connectivity index (χ2v) is 7.62. The molecule has 23 heavy (non-hydrogen) atoms. The average Bonchev–Trinajstić information content (AvgIpc) is 2.85. The number of fused-ring (bicyclic) bond motifs is 1. The molecule has 1 amide bonds. The Morgan fingerprint density at radius 3 is 3.00 bits per heavy atom. The maximum Gasteiger partial charge on any atom is 0.263 e. The number of sulfonamides is 1. The van der Waals surface area contributed by atoms with E-state index in [1.807, 2.05) is 0 Å². The van der Waals surface area contributed by atoms with Gasteiger partial charge in [-0.05, 0) is 25.0 Å². The van der Waals surface area contributed by atoms with Crippen molar-refractivity contribution in [3.05, 3.63) is 34.8 Å². The highest BCUT2D eigenvalue weighted by Gasteiger charge is 2.23. The van der Waals surface area contributed by atoms with Crippen LogP contribution in [0, 0.1) is 0 Å². The van der Waals surface area contributed by atoms with Crippen molar-refractivity contribution in [1.82, 2.24) is 10.3 Å². The molecule has 2 aromatic rings. The van der Waals surface area contributed by atoms with Gasteiger partial charge in [0.1, 0.15) is 10.6 Å². The number of amides is 1. The number of hydrogen-bond acceptors (Lipinski definition) is 6. The summed E-state index contributed by atoms with van der Waals surface area (Å²) in [4.78, 5) is 16.7. The fourth-order valence-corrected chi connectivity index (χ4v) is 4.42. The average molecular weight is 353 g/mol. The number of hydrogen-bond donors (Lipinski definition) is 2. The number of thiazole rings is 1. The first-order valence-corrected chi connectivity index (χ1v) is 9.24. The third-order valence-electron chi connectivity index (χ3n) is 3.35. The Labute approximate surface area is 137 Å². The number of anilines is 1. The molecule has 1 aromatic heterocycles. The summed E-state index contributed by atoms with van der Waals surface area (Å²) >= 11 is 1.04. The first-order valence-electron chi connectivity index (χ1n) is 6.94. The molecule has 1 aromatic carbocycles. The molecule has 2 heterocycles. The van der Waals surface area contributed by atoms with Crippen LogP contribution in [0.15, 0.2) is 29.2 Å². The molecule has 0 atom stereocenters. The third kappa shape index (κ3) is 3.30. The summed E-state index contributed by atoms with van der Waals surface area (Å²) in [5, 5.41) is 2.95. The van der Waals surface area contributed by atoms with Gasteiger partial charge in [0.15, 0.2) is 5.13 Å². The Balaban J connectivity index is 1.89. The largest absolute Gasteiger partial charge is 0.497 e. The van der Waals surface area contributed by atoms with Gasteiger partial charge in [0.25, 0.3) is 15.9 Å². The van der Waals surface area contributed by atoms with Gasteiger partial charge in [0, 0.05) is 12.6 Å². The monoisotopic (exact) mass is 353 g/mol. The van der Waals surface area contributed by atoms with Crippen LogP contribution in [0.5, 0.6) is 5.75 Å². The van der Waals surface area contributed by atoms with Crippen molar-refractivity contribution < 1.29 is 17.9 Å². The van der Waals surface area contributed by atoms with Crippen LogP contribution in [-0.2, 0) is 16.4 Å². The molecule has 0 aliphatic carbocycles. The number of methoxy groups -OCH3 is 1. The maximum atomic E-state index is 12.4. The van der Waals surface area contributed by atoms with Gasteiger partial charge in [0.2, 0.25) is 0 Å². The number of carbonyl (C=O) groups excluding carboxylic acids is 1. The van der Waals surface area contributed by atoms with E-state index in [-0.39, 0.29) is 15.9 Å². The Hall–Kier alpha value is -2.13. The zero-order valence-electron chi connectivity index (χ0n) is 12.3. The fourth-order valence-electron chi connectivity index (χ4n) is 2.22. The smallest absolute Gasteiger partial charge is 0.263 e. The molecule has 122 valence electrons. The molecule has 1 aliphatic rings. The van der Waals surface area contributed by atoms with E-state index in [0.717, 1.165) is 17.8 Å². The highest BCUT2D eigenvalue weighted by atomic mass is 32.2. The van der Waals surface area contributed by atoms with Crippen molar-refractivity contribution >= 4 is 32.4 Å². The lowest BCUT2D eigenvalue weighted by Crippen LogP contribution is -2.21. The van der Waals surface area contributed by atoms with Crippen molar-refractivity contribution in [2.45, 2.75) is 17.7 Å². The second-order valence-electron chi connectivity index (χ2n) is 4.94. The Morgan fingerprint density at radius 1 is 1.39 bits per heavy atom. The van der Waals surface area contributed by atoms with Crippen molar-refractivity contribution in [1.29, 1.82) is 0 Å². The maximum absolute atomic E-state index is 12.4. The number of carbonyl (C=O) groups is 1. The molecule has 0 saturated heterocycles. The van der Waals surface area contributed by atoms with Gasteiger partial charge >= 0.3 is 0 Å². The Morgan fingerprint density at radius 2 is 2.22 bits per heavy atom. The molecule has 7 nitrogen and oxygen atoms in total. The summed E-state index contributed by atoms with van der Waals surface area (Å²) in [5.74, 6) is 0.240. The lowest BCUT2D eigenvalue weighted by Gasteiger charge is -2.06. The van der Waals surface area contributed by atoms with Crippen molar-refractivity contribution in [2.75, 3.05) is 18.4 Å². The Kier molecular flexibility index (Phi) is 4.22. The summed E-state index contributed by atoms with van der Waals surface area (Å²) in [7, 11) is -2.32. The zero-order chi connectivity index (χ0) is 16.4. The number of nitrogens with zero attached hydrogens (tertiary/aromatic N) is 1. The standard InChI is InChI=1S/C14H15N3O4S2/c1-21-9-4-2-5-10(8-9)23(19,20)17-14-16-11-6-3-7-15-13(18)12(11)22-14/h2,4-5,8H,3,6-7H2,1H3,(H,15,18)(H,16,17). The number of nitrogens with one attached hydrogen (secondary N) is 2. The molecule has 0 spiro atoms. The van der Waals surface area contributed by atoms with Gasteiger partial charge in [0.05, 0.1) is 17.7 Å². The molecule has 3 rings (SSSR count). The van der Waals surface area contributed by atoms with Crippen LogP contribution >= 0.6 is 11.3 Å². The summed E-state index contributed by atoms with van der Waals surface area (Å²) < 4.78 is 32.3. The second kappa shape index (κ2) is 6.17. The SMILES string of the molecule is COc1cccc(S(=O)(=O)Nc2nc3c(s2)C(=O)NCCC3)c1. The van der Waals surface area contributed by atoms with Crippen LogP contribution < -0.4 is 14.8 Å². The van der Waals surface area contributed by atoms with Crippen LogP contribution in [-0.4, -0.2) is 33.0 Å². The highest BCUT2D eigenvalue weighted by molar-refractivity contribution is 7.93.